The Balaban J connectivity index is 2.89. The molecule has 1 N–H and O–H groups in total. The average molecular weight is 206 g/mol. The van der Waals surface area contributed by atoms with Crippen LogP contribution >= 0.6 is 0 Å². The third-order valence-electron chi connectivity index (χ3n) is 2.11. The standard InChI is InChI=1S/C9H13F3N2/c1-3-8(9(10,11)12)14-7-5-13-4-6(7)2/h13H,3-5H2,1-2H3. The molecule has 0 saturated carbocycles. The molecule has 14 heavy (non-hydrogen) atoms. The lowest BCUT2D eigenvalue weighted by Crippen LogP contribution is -2.22. The highest BCUT2D eigenvalue weighted by atomic mass is 19.4. The monoisotopic (exact) mass is 206 g/mol. The van der Waals surface area contributed by atoms with E-state index in [2.05, 4.69) is 10.3 Å². The molecule has 1 heterocycles. The van der Waals surface area contributed by atoms with E-state index in [0.29, 0.717) is 18.8 Å². The van der Waals surface area contributed by atoms with E-state index < -0.39 is 11.9 Å². The Kier molecular flexibility index (Phi) is 3.31. The lowest BCUT2D eigenvalue weighted by Gasteiger charge is -2.08. The molecule has 0 aromatic rings. The van der Waals surface area contributed by atoms with E-state index in [-0.39, 0.29) is 6.42 Å². The number of halogens is 3. The van der Waals surface area contributed by atoms with Gasteiger partial charge in [0, 0.05) is 13.1 Å². The summed E-state index contributed by atoms with van der Waals surface area (Å²) in [6.45, 7) is 4.33. The van der Waals surface area contributed by atoms with Crippen molar-refractivity contribution in [1.29, 1.82) is 0 Å². The number of hydrogen-bond donors (Lipinski definition) is 1. The fourth-order valence-corrected chi connectivity index (χ4v) is 1.26. The van der Waals surface area contributed by atoms with Gasteiger partial charge in [-0.3, -0.25) is 4.99 Å². The van der Waals surface area contributed by atoms with Gasteiger partial charge in [0.15, 0.2) is 0 Å². The van der Waals surface area contributed by atoms with Crippen LogP contribution in [-0.4, -0.2) is 25.0 Å². The molecule has 2 nitrogen and oxygen atoms in total. The molecule has 5 heteroatoms. The fourth-order valence-electron chi connectivity index (χ4n) is 1.26. The summed E-state index contributed by atoms with van der Waals surface area (Å²) >= 11 is 0. The molecule has 1 aliphatic rings. The van der Waals surface area contributed by atoms with Crippen LogP contribution in [0.4, 0.5) is 13.2 Å². The summed E-state index contributed by atoms with van der Waals surface area (Å²) in [6, 6.07) is 0. The molecule has 1 rings (SSSR count). The second-order valence-electron chi connectivity index (χ2n) is 3.24. The lowest BCUT2D eigenvalue weighted by atomic mass is 10.2. The summed E-state index contributed by atoms with van der Waals surface area (Å²) in [4.78, 5) is 3.66. The molecule has 0 aliphatic carbocycles. The first-order valence-electron chi connectivity index (χ1n) is 4.49. The van der Waals surface area contributed by atoms with Gasteiger partial charge in [0.05, 0.1) is 5.70 Å². The van der Waals surface area contributed by atoms with E-state index in [1.165, 1.54) is 6.92 Å². The van der Waals surface area contributed by atoms with Gasteiger partial charge in [-0.05, 0) is 18.9 Å². The number of hydrogen-bond acceptors (Lipinski definition) is 2. The van der Waals surface area contributed by atoms with Crippen molar-refractivity contribution in [2.75, 3.05) is 13.1 Å². The summed E-state index contributed by atoms with van der Waals surface area (Å²) in [5, 5.41) is 2.95. The highest BCUT2D eigenvalue weighted by Gasteiger charge is 2.34. The lowest BCUT2D eigenvalue weighted by molar-refractivity contribution is -0.0603. The first kappa shape index (κ1) is 11.2. The molecule has 0 amide bonds. The van der Waals surface area contributed by atoms with Crippen LogP contribution in [0, 0.1) is 0 Å². The molecule has 0 atom stereocenters. The second kappa shape index (κ2) is 4.13. The summed E-state index contributed by atoms with van der Waals surface area (Å²) < 4.78 is 37.0. The minimum absolute atomic E-state index is 0.0831. The van der Waals surface area contributed by atoms with Crippen molar-refractivity contribution in [3.63, 3.8) is 0 Å². The quantitative estimate of drug-likeness (QED) is 0.689. The summed E-state index contributed by atoms with van der Waals surface area (Å²) in [5.41, 5.74) is 0.718. The van der Waals surface area contributed by atoms with Gasteiger partial charge in [0.2, 0.25) is 0 Å². The van der Waals surface area contributed by atoms with Gasteiger partial charge in [0.25, 0.3) is 0 Å². The molecule has 0 spiro atoms. The molecule has 0 aromatic carbocycles. The molecule has 0 aromatic heterocycles. The first-order valence-corrected chi connectivity index (χ1v) is 4.49. The van der Waals surface area contributed by atoms with E-state index in [9.17, 15) is 13.2 Å². The van der Waals surface area contributed by atoms with Crippen molar-refractivity contribution in [3.8, 4) is 0 Å². The van der Waals surface area contributed by atoms with Gasteiger partial charge in [-0.15, -0.1) is 0 Å². The number of alkyl halides is 3. The minimum atomic E-state index is -4.30. The Labute approximate surface area is 80.9 Å². The van der Waals surface area contributed by atoms with Crippen molar-refractivity contribution in [2.24, 2.45) is 4.99 Å². The Morgan fingerprint density at radius 3 is 2.43 bits per heavy atom. The van der Waals surface area contributed by atoms with Crippen LogP contribution in [0.1, 0.15) is 20.3 Å². The Morgan fingerprint density at radius 1 is 1.43 bits per heavy atom. The van der Waals surface area contributed by atoms with E-state index in [1.807, 2.05) is 0 Å². The third-order valence-corrected chi connectivity index (χ3v) is 2.11. The fraction of sp³-hybridized carbons (Fsp3) is 0.667. The Hall–Kier alpha value is -0.840. The highest BCUT2D eigenvalue weighted by molar-refractivity contribution is 5.90. The zero-order chi connectivity index (χ0) is 10.8. The van der Waals surface area contributed by atoms with Gasteiger partial charge in [0.1, 0.15) is 5.71 Å². The second-order valence-corrected chi connectivity index (χ2v) is 3.24. The molecule has 0 bridgehead atoms. The average Bonchev–Trinajstić information content (AvgIpc) is 2.45. The smallest absolute Gasteiger partial charge is 0.307 e. The molecule has 0 fully saturated rings. The van der Waals surface area contributed by atoms with Crippen molar-refractivity contribution in [2.45, 2.75) is 26.4 Å². The van der Waals surface area contributed by atoms with Gasteiger partial charge in [-0.25, -0.2) is 0 Å². The van der Waals surface area contributed by atoms with E-state index in [0.717, 1.165) is 5.57 Å². The molecule has 0 radical (unpaired) electrons. The van der Waals surface area contributed by atoms with Crippen molar-refractivity contribution >= 4 is 5.71 Å². The summed E-state index contributed by atoms with van der Waals surface area (Å²) in [6.07, 6.45) is -4.38. The van der Waals surface area contributed by atoms with Gasteiger partial charge in [-0.1, -0.05) is 6.92 Å². The Bertz CT molecular complexity index is 276. The van der Waals surface area contributed by atoms with Crippen LogP contribution in [0.3, 0.4) is 0 Å². The topological polar surface area (TPSA) is 24.4 Å². The zero-order valence-corrected chi connectivity index (χ0v) is 8.20. The van der Waals surface area contributed by atoms with Crippen LogP contribution in [0.15, 0.2) is 16.3 Å². The van der Waals surface area contributed by atoms with Crippen LogP contribution in [0.25, 0.3) is 0 Å². The van der Waals surface area contributed by atoms with E-state index in [4.69, 9.17) is 0 Å². The van der Waals surface area contributed by atoms with Gasteiger partial charge in [-0.2, -0.15) is 13.2 Å². The van der Waals surface area contributed by atoms with Gasteiger partial charge >= 0.3 is 6.18 Å². The predicted molar refractivity (Wildman–Crippen MR) is 49.4 cm³/mol. The summed E-state index contributed by atoms with van der Waals surface area (Å²) in [5.74, 6) is 0. The van der Waals surface area contributed by atoms with Crippen molar-refractivity contribution in [1.82, 2.24) is 5.32 Å². The summed E-state index contributed by atoms with van der Waals surface area (Å²) in [7, 11) is 0. The number of rotatable bonds is 2. The van der Waals surface area contributed by atoms with Gasteiger partial charge < -0.3 is 5.32 Å². The van der Waals surface area contributed by atoms with Crippen LogP contribution in [-0.2, 0) is 0 Å². The maximum atomic E-state index is 12.3. The van der Waals surface area contributed by atoms with Crippen LogP contribution in [0.5, 0.6) is 0 Å². The molecule has 1 aliphatic heterocycles. The third kappa shape index (κ3) is 2.57. The maximum absolute atomic E-state index is 12.3. The van der Waals surface area contributed by atoms with Crippen molar-refractivity contribution < 1.29 is 13.2 Å². The molecular weight excluding hydrogens is 193 g/mol. The molecular formula is C9H13F3N2. The van der Waals surface area contributed by atoms with Crippen LogP contribution < -0.4 is 5.32 Å². The predicted octanol–water partition coefficient (Wildman–Crippen LogP) is 2.28. The molecule has 0 saturated heterocycles. The maximum Gasteiger partial charge on any atom is 0.429 e. The highest BCUT2D eigenvalue weighted by Crippen LogP contribution is 2.22. The zero-order valence-electron chi connectivity index (χ0n) is 8.20. The van der Waals surface area contributed by atoms with E-state index >= 15 is 0 Å². The number of nitrogens with zero attached hydrogens (tertiary/aromatic N) is 1. The first-order chi connectivity index (χ1) is 6.45. The minimum Gasteiger partial charge on any atom is -0.307 e. The SMILES string of the molecule is CCC(=NC1=C(C)CNC1)C(F)(F)F. The number of aliphatic imine (C=N–C) groups is 1. The molecule has 80 valence electrons. The number of nitrogens with one attached hydrogen (secondary N) is 1. The van der Waals surface area contributed by atoms with Crippen LogP contribution in [0.2, 0.25) is 0 Å². The molecule has 0 unspecified atom stereocenters. The van der Waals surface area contributed by atoms with Crippen molar-refractivity contribution in [3.05, 3.63) is 11.3 Å². The normalized spacial score (nSPS) is 19.4. The Morgan fingerprint density at radius 2 is 2.07 bits per heavy atom. The largest absolute Gasteiger partial charge is 0.429 e. The van der Waals surface area contributed by atoms with E-state index in [1.54, 1.807) is 6.92 Å².